The van der Waals surface area contributed by atoms with Crippen molar-refractivity contribution in [1.82, 2.24) is 10.3 Å². The van der Waals surface area contributed by atoms with E-state index in [1.165, 1.54) is 0 Å². The Balaban J connectivity index is 1.67. The number of hydrogen-bond donors (Lipinski definition) is 2. The van der Waals surface area contributed by atoms with Crippen LogP contribution in [0.5, 0.6) is 0 Å². The minimum Gasteiger partial charge on any atom is -0.380 e. The minimum atomic E-state index is -1.10. The van der Waals surface area contributed by atoms with Gasteiger partial charge >= 0.3 is 0 Å². The molecule has 5 heteroatoms. The van der Waals surface area contributed by atoms with Gasteiger partial charge in [-0.3, -0.25) is 4.79 Å². The van der Waals surface area contributed by atoms with Gasteiger partial charge in [0.25, 0.3) is 5.91 Å². The first kappa shape index (κ1) is 13.5. The lowest BCUT2D eigenvalue weighted by molar-refractivity contribution is -0.139. The van der Waals surface area contributed by atoms with E-state index < -0.39 is 5.60 Å². The van der Waals surface area contributed by atoms with Gasteiger partial charge in [0.05, 0.1) is 5.01 Å². The molecule has 100 valence electrons. The van der Waals surface area contributed by atoms with Crippen LogP contribution in [0.1, 0.15) is 42.8 Å². The second-order valence-electron chi connectivity index (χ2n) is 4.98. The number of thiazole rings is 1. The molecule has 0 aliphatic heterocycles. The van der Waals surface area contributed by atoms with Crippen molar-refractivity contribution >= 4 is 17.2 Å². The van der Waals surface area contributed by atoms with Crippen LogP contribution in [0.2, 0.25) is 0 Å². The Morgan fingerprint density at radius 1 is 1.56 bits per heavy atom. The van der Waals surface area contributed by atoms with E-state index in [4.69, 9.17) is 0 Å². The number of rotatable bonds is 5. The number of carbonyl (C=O) groups excluding carboxylic acids is 1. The summed E-state index contributed by atoms with van der Waals surface area (Å²) < 4.78 is 0. The molecular formula is C13H20N2O2S. The van der Waals surface area contributed by atoms with E-state index in [0.29, 0.717) is 19.4 Å². The standard InChI is InChI=1S/C13H20N2O2S/c1-10-9-18-11(15-10)5-4-8-14-12(16)13(17)6-2-3-7-13/h9,17H,2-8H2,1H3,(H,14,16). The van der Waals surface area contributed by atoms with Gasteiger partial charge in [-0.15, -0.1) is 11.3 Å². The quantitative estimate of drug-likeness (QED) is 0.801. The van der Waals surface area contributed by atoms with Crippen LogP contribution in [0, 0.1) is 6.92 Å². The maximum Gasteiger partial charge on any atom is 0.251 e. The number of amides is 1. The zero-order chi connectivity index (χ0) is 13.0. The molecule has 0 aromatic carbocycles. The molecular weight excluding hydrogens is 248 g/mol. The first-order chi connectivity index (χ1) is 8.60. The van der Waals surface area contributed by atoms with Crippen LogP contribution in [-0.2, 0) is 11.2 Å². The predicted molar refractivity (Wildman–Crippen MR) is 71.6 cm³/mol. The van der Waals surface area contributed by atoms with Gasteiger partial charge in [-0.2, -0.15) is 0 Å². The molecule has 4 nitrogen and oxygen atoms in total. The van der Waals surface area contributed by atoms with Crippen molar-refractivity contribution in [3.05, 3.63) is 16.1 Å². The fraction of sp³-hybridized carbons (Fsp3) is 0.692. The minimum absolute atomic E-state index is 0.199. The number of nitrogens with one attached hydrogen (secondary N) is 1. The van der Waals surface area contributed by atoms with Gasteiger partial charge in [-0.1, -0.05) is 0 Å². The van der Waals surface area contributed by atoms with Gasteiger partial charge in [-0.05, 0) is 39.0 Å². The normalized spacial score (nSPS) is 17.9. The number of aromatic nitrogens is 1. The molecule has 1 amide bonds. The van der Waals surface area contributed by atoms with Crippen LogP contribution in [0.4, 0.5) is 0 Å². The molecule has 1 aromatic heterocycles. The number of hydrogen-bond acceptors (Lipinski definition) is 4. The lowest BCUT2D eigenvalue weighted by Gasteiger charge is -2.20. The summed E-state index contributed by atoms with van der Waals surface area (Å²) in [7, 11) is 0. The Labute approximate surface area is 111 Å². The van der Waals surface area contributed by atoms with Crippen molar-refractivity contribution in [3.63, 3.8) is 0 Å². The Morgan fingerprint density at radius 2 is 2.28 bits per heavy atom. The molecule has 0 bridgehead atoms. The predicted octanol–water partition coefficient (Wildman–Crippen LogP) is 1.81. The second-order valence-corrected chi connectivity index (χ2v) is 5.92. The van der Waals surface area contributed by atoms with Crippen molar-refractivity contribution < 1.29 is 9.90 Å². The first-order valence-electron chi connectivity index (χ1n) is 6.52. The van der Waals surface area contributed by atoms with E-state index in [1.807, 2.05) is 12.3 Å². The average molecular weight is 268 g/mol. The summed E-state index contributed by atoms with van der Waals surface area (Å²) >= 11 is 1.66. The summed E-state index contributed by atoms with van der Waals surface area (Å²) in [6.45, 7) is 2.59. The Bertz CT molecular complexity index is 411. The molecule has 0 atom stereocenters. The maximum atomic E-state index is 11.8. The molecule has 2 N–H and O–H groups in total. The van der Waals surface area contributed by atoms with Crippen LogP contribution < -0.4 is 5.32 Å². The van der Waals surface area contributed by atoms with Crippen molar-refractivity contribution in [1.29, 1.82) is 0 Å². The summed E-state index contributed by atoms with van der Waals surface area (Å²) in [5, 5.41) is 16.0. The monoisotopic (exact) mass is 268 g/mol. The third-order valence-electron chi connectivity index (χ3n) is 3.37. The molecule has 1 aliphatic rings. The van der Waals surface area contributed by atoms with Gasteiger partial charge in [0.2, 0.25) is 0 Å². The van der Waals surface area contributed by atoms with Crippen molar-refractivity contribution in [2.75, 3.05) is 6.54 Å². The fourth-order valence-electron chi connectivity index (χ4n) is 2.31. The number of aryl methyl sites for hydroxylation is 2. The van der Waals surface area contributed by atoms with Crippen LogP contribution in [-0.4, -0.2) is 28.1 Å². The average Bonchev–Trinajstić information content (AvgIpc) is 2.94. The smallest absolute Gasteiger partial charge is 0.251 e. The molecule has 0 unspecified atom stereocenters. The Morgan fingerprint density at radius 3 is 2.89 bits per heavy atom. The molecule has 18 heavy (non-hydrogen) atoms. The first-order valence-corrected chi connectivity index (χ1v) is 7.40. The molecule has 1 aliphatic carbocycles. The second kappa shape index (κ2) is 5.80. The number of nitrogens with zero attached hydrogens (tertiary/aromatic N) is 1. The summed E-state index contributed by atoms with van der Waals surface area (Å²) in [5.41, 5.74) is -0.0445. The molecule has 2 rings (SSSR count). The molecule has 1 heterocycles. The summed E-state index contributed by atoms with van der Waals surface area (Å²) in [6, 6.07) is 0. The third kappa shape index (κ3) is 3.29. The van der Waals surface area contributed by atoms with Crippen LogP contribution in [0.15, 0.2) is 5.38 Å². The highest BCUT2D eigenvalue weighted by atomic mass is 32.1. The van der Waals surface area contributed by atoms with E-state index in [0.717, 1.165) is 36.4 Å². The van der Waals surface area contributed by atoms with Crippen LogP contribution in [0.3, 0.4) is 0 Å². The molecule has 0 spiro atoms. The third-order valence-corrected chi connectivity index (χ3v) is 4.40. The number of aliphatic hydroxyl groups is 1. The van der Waals surface area contributed by atoms with Crippen LogP contribution in [0.25, 0.3) is 0 Å². The lowest BCUT2D eigenvalue weighted by Crippen LogP contribution is -2.45. The van der Waals surface area contributed by atoms with Gasteiger partial charge < -0.3 is 10.4 Å². The summed E-state index contributed by atoms with van der Waals surface area (Å²) in [4.78, 5) is 16.2. The van der Waals surface area contributed by atoms with E-state index in [2.05, 4.69) is 10.3 Å². The zero-order valence-electron chi connectivity index (χ0n) is 10.7. The zero-order valence-corrected chi connectivity index (χ0v) is 11.6. The van der Waals surface area contributed by atoms with E-state index in [9.17, 15) is 9.90 Å². The largest absolute Gasteiger partial charge is 0.380 e. The van der Waals surface area contributed by atoms with Gasteiger partial charge in [0.15, 0.2) is 0 Å². The maximum absolute atomic E-state index is 11.8. The van der Waals surface area contributed by atoms with Gasteiger partial charge in [0, 0.05) is 24.0 Å². The molecule has 1 saturated carbocycles. The van der Waals surface area contributed by atoms with Gasteiger partial charge in [0.1, 0.15) is 5.60 Å². The van der Waals surface area contributed by atoms with Crippen molar-refractivity contribution in [3.8, 4) is 0 Å². The van der Waals surface area contributed by atoms with E-state index >= 15 is 0 Å². The molecule has 1 aromatic rings. The topological polar surface area (TPSA) is 62.2 Å². The van der Waals surface area contributed by atoms with Gasteiger partial charge in [-0.25, -0.2) is 4.98 Å². The summed E-state index contributed by atoms with van der Waals surface area (Å²) in [5.74, 6) is -0.199. The molecule has 1 fully saturated rings. The lowest BCUT2D eigenvalue weighted by atomic mass is 10.0. The van der Waals surface area contributed by atoms with E-state index in [1.54, 1.807) is 11.3 Å². The Kier molecular flexibility index (Phi) is 4.35. The highest BCUT2D eigenvalue weighted by Gasteiger charge is 2.38. The van der Waals surface area contributed by atoms with Crippen LogP contribution >= 0.6 is 11.3 Å². The Hall–Kier alpha value is -0.940. The van der Waals surface area contributed by atoms with E-state index in [-0.39, 0.29) is 5.91 Å². The highest BCUT2D eigenvalue weighted by molar-refractivity contribution is 7.09. The summed E-state index contributed by atoms with van der Waals surface area (Å²) in [6.07, 6.45) is 4.85. The van der Waals surface area contributed by atoms with Crippen molar-refractivity contribution in [2.24, 2.45) is 0 Å². The highest BCUT2D eigenvalue weighted by Crippen LogP contribution is 2.29. The molecule has 0 radical (unpaired) electrons. The fourth-order valence-corrected chi connectivity index (χ4v) is 3.13. The number of carbonyl (C=O) groups is 1. The SMILES string of the molecule is Cc1csc(CCCNC(=O)C2(O)CCCC2)n1. The van der Waals surface area contributed by atoms with Crippen molar-refractivity contribution in [2.45, 2.75) is 51.0 Å². The molecule has 0 saturated heterocycles.